The molecular weight excluding hydrogens is 344 g/mol. The van der Waals surface area contributed by atoms with Gasteiger partial charge in [-0.05, 0) is 42.0 Å². The van der Waals surface area contributed by atoms with Crippen LogP contribution in [0.2, 0.25) is 0 Å². The zero-order valence-electron chi connectivity index (χ0n) is 14.6. The van der Waals surface area contributed by atoms with Crippen molar-refractivity contribution < 1.29 is 9.59 Å². The second-order valence-electron chi connectivity index (χ2n) is 5.73. The van der Waals surface area contributed by atoms with Gasteiger partial charge in [-0.15, -0.1) is 10.2 Å². The van der Waals surface area contributed by atoms with Crippen LogP contribution in [0, 0.1) is 0 Å². The molecule has 3 aromatic rings. The van der Waals surface area contributed by atoms with Gasteiger partial charge in [0.15, 0.2) is 11.5 Å². The summed E-state index contributed by atoms with van der Waals surface area (Å²) in [6.45, 7) is 1.81. The number of carbonyl (C=O) groups is 2. The minimum absolute atomic E-state index is 0.145. The van der Waals surface area contributed by atoms with Crippen LogP contribution in [0.15, 0.2) is 60.9 Å². The number of amides is 2. The Kier molecular flexibility index (Phi) is 5.68. The fourth-order valence-corrected chi connectivity index (χ4v) is 2.32. The van der Waals surface area contributed by atoms with E-state index in [2.05, 4.69) is 31.1 Å². The lowest BCUT2D eigenvalue weighted by Gasteiger charge is -2.08. The molecule has 0 aliphatic carbocycles. The maximum absolute atomic E-state index is 12.1. The Morgan fingerprint density at radius 1 is 1.00 bits per heavy atom. The van der Waals surface area contributed by atoms with Crippen LogP contribution in [0.5, 0.6) is 0 Å². The van der Waals surface area contributed by atoms with E-state index in [0.29, 0.717) is 18.1 Å². The van der Waals surface area contributed by atoms with E-state index >= 15 is 0 Å². The Morgan fingerprint density at radius 3 is 2.56 bits per heavy atom. The van der Waals surface area contributed by atoms with Gasteiger partial charge in [0.1, 0.15) is 0 Å². The number of nitrogens with one attached hydrogen (secondary N) is 3. The topological polar surface area (TPSA) is 109 Å². The number of anilines is 3. The van der Waals surface area contributed by atoms with Crippen LogP contribution in [0.3, 0.4) is 0 Å². The smallest absolute Gasteiger partial charge is 0.272 e. The van der Waals surface area contributed by atoms with E-state index in [1.807, 2.05) is 18.2 Å². The quantitative estimate of drug-likeness (QED) is 0.622. The Hall–Kier alpha value is -3.81. The number of carbonyl (C=O) groups excluding carboxylic acids is 2. The summed E-state index contributed by atoms with van der Waals surface area (Å²) in [6.07, 6.45) is 3.36. The molecule has 0 aliphatic rings. The normalized spacial score (nSPS) is 10.1. The van der Waals surface area contributed by atoms with Crippen LogP contribution in [-0.2, 0) is 11.3 Å². The Balaban J connectivity index is 1.60. The highest BCUT2D eigenvalue weighted by molar-refractivity contribution is 5.92. The molecule has 8 heteroatoms. The van der Waals surface area contributed by atoms with Gasteiger partial charge in [0, 0.05) is 37.2 Å². The third-order valence-corrected chi connectivity index (χ3v) is 3.53. The van der Waals surface area contributed by atoms with Crippen molar-refractivity contribution in [2.75, 3.05) is 10.6 Å². The van der Waals surface area contributed by atoms with Crippen molar-refractivity contribution in [1.29, 1.82) is 0 Å². The zero-order valence-corrected chi connectivity index (χ0v) is 14.6. The van der Waals surface area contributed by atoms with Crippen molar-refractivity contribution >= 4 is 29.0 Å². The molecule has 136 valence electrons. The Bertz CT molecular complexity index is 928. The fraction of sp³-hybridized carbons (Fsp3) is 0.105. The molecule has 0 bridgehead atoms. The predicted molar refractivity (Wildman–Crippen MR) is 101 cm³/mol. The molecule has 0 spiro atoms. The van der Waals surface area contributed by atoms with Gasteiger partial charge in [-0.25, -0.2) is 0 Å². The van der Waals surface area contributed by atoms with Crippen molar-refractivity contribution in [3.8, 4) is 0 Å². The molecule has 2 amide bonds. The molecular formula is C19H18N6O2. The van der Waals surface area contributed by atoms with Crippen LogP contribution in [0.1, 0.15) is 23.0 Å². The summed E-state index contributed by atoms with van der Waals surface area (Å²) >= 11 is 0. The van der Waals surface area contributed by atoms with Gasteiger partial charge < -0.3 is 16.0 Å². The third-order valence-electron chi connectivity index (χ3n) is 3.53. The molecule has 3 N–H and O–H groups in total. The van der Waals surface area contributed by atoms with Crippen LogP contribution in [-0.4, -0.2) is 27.0 Å². The summed E-state index contributed by atoms with van der Waals surface area (Å²) in [5.74, 6) is 0.0259. The number of hydrogen-bond donors (Lipinski definition) is 3. The average Bonchev–Trinajstić information content (AvgIpc) is 2.67. The van der Waals surface area contributed by atoms with Crippen molar-refractivity contribution in [3.05, 3.63) is 72.2 Å². The van der Waals surface area contributed by atoms with Gasteiger partial charge in [0.05, 0.1) is 0 Å². The minimum atomic E-state index is -0.314. The summed E-state index contributed by atoms with van der Waals surface area (Å²) in [7, 11) is 0. The van der Waals surface area contributed by atoms with Crippen molar-refractivity contribution in [2.45, 2.75) is 13.5 Å². The maximum atomic E-state index is 12.1. The fourth-order valence-electron chi connectivity index (χ4n) is 2.32. The highest BCUT2D eigenvalue weighted by atomic mass is 16.2. The Labute approximate surface area is 156 Å². The zero-order chi connectivity index (χ0) is 19.1. The van der Waals surface area contributed by atoms with Gasteiger partial charge >= 0.3 is 0 Å². The average molecular weight is 362 g/mol. The van der Waals surface area contributed by atoms with Gasteiger partial charge in [0.2, 0.25) is 5.91 Å². The molecule has 0 saturated carbocycles. The molecule has 0 fully saturated rings. The minimum Gasteiger partial charge on any atom is -0.347 e. The first-order valence-electron chi connectivity index (χ1n) is 8.26. The molecule has 0 atom stereocenters. The molecule has 27 heavy (non-hydrogen) atoms. The lowest BCUT2D eigenvalue weighted by molar-refractivity contribution is -0.114. The monoisotopic (exact) mass is 362 g/mol. The third kappa shape index (κ3) is 5.33. The van der Waals surface area contributed by atoms with E-state index in [0.717, 1.165) is 11.3 Å². The molecule has 0 radical (unpaired) electrons. The predicted octanol–water partition coefficient (Wildman–Crippen LogP) is 2.50. The van der Waals surface area contributed by atoms with E-state index in [1.165, 1.54) is 6.92 Å². The summed E-state index contributed by atoms with van der Waals surface area (Å²) < 4.78 is 0. The first-order chi connectivity index (χ1) is 13.1. The molecule has 1 aromatic carbocycles. The number of rotatable bonds is 6. The van der Waals surface area contributed by atoms with E-state index in [4.69, 9.17) is 0 Å². The number of aromatic nitrogens is 3. The maximum Gasteiger partial charge on any atom is 0.272 e. The lowest BCUT2D eigenvalue weighted by Crippen LogP contribution is -2.24. The second-order valence-corrected chi connectivity index (χ2v) is 5.73. The van der Waals surface area contributed by atoms with Crippen molar-refractivity contribution in [1.82, 2.24) is 20.5 Å². The van der Waals surface area contributed by atoms with Crippen LogP contribution in [0.4, 0.5) is 17.2 Å². The van der Waals surface area contributed by atoms with E-state index in [-0.39, 0.29) is 17.5 Å². The molecule has 2 aromatic heterocycles. The summed E-state index contributed by atoms with van der Waals surface area (Å²) in [6, 6.07) is 14.1. The highest BCUT2D eigenvalue weighted by Gasteiger charge is 2.08. The van der Waals surface area contributed by atoms with E-state index in [9.17, 15) is 9.59 Å². The van der Waals surface area contributed by atoms with Gasteiger partial charge in [0.25, 0.3) is 5.91 Å². The molecule has 0 aliphatic heterocycles. The van der Waals surface area contributed by atoms with E-state index < -0.39 is 0 Å². The first-order valence-corrected chi connectivity index (χ1v) is 8.26. The lowest BCUT2D eigenvalue weighted by atomic mass is 10.2. The van der Waals surface area contributed by atoms with Gasteiger partial charge in [-0.3, -0.25) is 14.6 Å². The molecule has 2 heterocycles. The van der Waals surface area contributed by atoms with Crippen LogP contribution < -0.4 is 16.0 Å². The molecule has 0 unspecified atom stereocenters. The van der Waals surface area contributed by atoms with Gasteiger partial charge in [-0.1, -0.05) is 12.1 Å². The van der Waals surface area contributed by atoms with Crippen LogP contribution in [0.25, 0.3) is 0 Å². The van der Waals surface area contributed by atoms with Crippen LogP contribution >= 0.6 is 0 Å². The van der Waals surface area contributed by atoms with E-state index in [1.54, 1.807) is 42.7 Å². The Morgan fingerprint density at radius 2 is 1.85 bits per heavy atom. The molecule has 0 saturated heterocycles. The van der Waals surface area contributed by atoms with Crippen molar-refractivity contribution in [2.24, 2.45) is 0 Å². The second kappa shape index (κ2) is 8.52. The summed E-state index contributed by atoms with van der Waals surface area (Å²) in [4.78, 5) is 27.3. The van der Waals surface area contributed by atoms with Crippen molar-refractivity contribution in [3.63, 3.8) is 0 Å². The standard InChI is InChI=1S/C19H18N6O2/c1-13(26)22-15-5-2-6-16(10-15)23-18-8-7-17(24-25-18)19(27)21-12-14-4-3-9-20-11-14/h2-11H,12H2,1H3,(H,21,27)(H,22,26)(H,23,25). The van der Waals surface area contributed by atoms with Gasteiger partial charge in [-0.2, -0.15) is 0 Å². The molecule has 8 nitrogen and oxygen atoms in total. The number of hydrogen-bond acceptors (Lipinski definition) is 6. The SMILES string of the molecule is CC(=O)Nc1cccc(Nc2ccc(C(=O)NCc3cccnc3)nn2)c1. The summed E-state index contributed by atoms with van der Waals surface area (Å²) in [5, 5.41) is 16.5. The number of nitrogens with zero attached hydrogens (tertiary/aromatic N) is 3. The highest BCUT2D eigenvalue weighted by Crippen LogP contribution is 2.18. The molecule has 3 rings (SSSR count). The summed E-state index contributed by atoms with van der Waals surface area (Å²) in [5.41, 5.74) is 2.53. The number of pyridine rings is 1. The largest absolute Gasteiger partial charge is 0.347 e. The first kappa shape index (κ1) is 18.0. The number of benzene rings is 1.